The first kappa shape index (κ1) is 21.3. The van der Waals surface area contributed by atoms with Crippen LogP contribution in [0.25, 0.3) is 17.0 Å². The van der Waals surface area contributed by atoms with Crippen LogP contribution in [-0.4, -0.2) is 42.5 Å². The molecule has 10 heteroatoms. The molecule has 1 saturated heterocycles. The number of carbonyl (C=O) groups excluding carboxylic acids is 1. The molecule has 4 rings (SSSR count). The van der Waals surface area contributed by atoms with Crippen molar-refractivity contribution < 1.29 is 23.4 Å². The Balaban J connectivity index is 1.71. The molecule has 1 fully saturated rings. The Morgan fingerprint density at radius 1 is 1.32 bits per heavy atom. The van der Waals surface area contributed by atoms with E-state index >= 15 is 0 Å². The third-order valence-corrected chi connectivity index (χ3v) is 5.30. The molecule has 3 heterocycles. The number of benzene rings is 1. The number of imidazole rings is 1. The third kappa shape index (κ3) is 4.14. The van der Waals surface area contributed by atoms with Gasteiger partial charge in [0.15, 0.2) is 5.82 Å². The van der Waals surface area contributed by atoms with E-state index in [0.717, 1.165) is 0 Å². The van der Waals surface area contributed by atoms with Crippen molar-refractivity contribution in [1.82, 2.24) is 15.3 Å². The van der Waals surface area contributed by atoms with E-state index in [4.69, 9.17) is 14.2 Å². The van der Waals surface area contributed by atoms with E-state index in [1.807, 2.05) is 0 Å². The fourth-order valence-corrected chi connectivity index (χ4v) is 3.49. The highest BCUT2D eigenvalue weighted by Crippen LogP contribution is 2.35. The Morgan fingerprint density at radius 2 is 2.00 bits per heavy atom. The van der Waals surface area contributed by atoms with Crippen LogP contribution in [0.4, 0.5) is 4.39 Å². The molecule has 0 bridgehead atoms. The number of esters is 1. The van der Waals surface area contributed by atoms with E-state index < -0.39 is 17.7 Å². The van der Waals surface area contributed by atoms with Gasteiger partial charge in [-0.2, -0.15) is 0 Å². The number of ether oxygens (including phenoxy) is 3. The highest BCUT2D eigenvalue weighted by Gasteiger charge is 2.42. The molecule has 2 aromatic rings. The number of aliphatic imine (C=N–C) groups is 1. The number of nitrogens with zero attached hydrogens (tertiary/aromatic N) is 2. The van der Waals surface area contributed by atoms with Crippen LogP contribution < -0.4 is 5.32 Å². The fourth-order valence-electron chi connectivity index (χ4n) is 3.27. The lowest BCUT2D eigenvalue weighted by Gasteiger charge is -2.34. The van der Waals surface area contributed by atoms with Crippen LogP contribution in [0.15, 0.2) is 46.6 Å². The van der Waals surface area contributed by atoms with Crippen LogP contribution in [0.3, 0.4) is 0 Å². The summed E-state index contributed by atoms with van der Waals surface area (Å²) in [6.45, 7) is 5.74. The number of aromatic amines is 1. The van der Waals surface area contributed by atoms with Gasteiger partial charge in [-0.05, 0) is 31.2 Å². The summed E-state index contributed by atoms with van der Waals surface area (Å²) in [5.41, 5.74) is 1.52. The lowest BCUT2D eigenvalue weighted by atomic mass is 9.92. The summed E-state index contributed by atoms with van der Waals surface area (Å²) in [6, 6.07) is 5.96. The second-order valence-corrected chi connectivity index (χ2v) is 7.93. The molecule has 1 aromatic carbocycles. The number of halogens is 1. The number of methoxy groups -OCH3 is 1. The van der Waals surface area contributed by atoms with Gasteiger partial charge >= 0.3 is 5.97 Å². The van der Waals surface area contributed by atoms with E-state index in [2.05, 4.69) is 39.5 Å². The zero-order valence-electron chi connectivity index (χ0n) is 16.9. The fraction of sp³-hybridized carbons (Fsp3) is 0.286. The van der Waals surface area contributed by atoms with Crippen molar-refractivity contribution >= 4 is 30.5 Å². The molecule has 2 N–H and O–H groups in total. The molecular weight excluding hydrogens is 423 g/mol. The van der Waals surface area contributed by atoms with E-state index in [-0.39, 0.29) is 19.0 Å². The number of thiol groups is 1. The Kier molecular flexibility index (Phi) is 5.69. The normalized spacial score (nSPS) is 23.6. The minimum Gasteiger partial charge on any atom is -0.468 e. The van der Waals surface area contributed by atoms with Crippen molar-refractivity contribution in [3.05, 3.63) is 58.9 Å². The van der Waals surface area contributed by atoms with Crippen molar-refractivity contribution in [3.63, 3.8) is 0 Å². The zero-order valence-corrected chi connectivity index (χ0v) is 17.8. The monoisotopic (exact) mass is 444 g/mol. The summed E-state index contributed by atoms with van der Waals surface area (Å²) in [6.07, 6.45) is 0.747. The predicted molar refractivity (Wildman–Crippen MR) is 115 cm³/mol. The molecule has 0 unspecified atom stereocenters. The summed E-state index contributed by atoms with van der Waals surface area (Å²) in [7, 11) is 1.32. The molecule has 0 radical (unpaired) electrons. The van der Waals surface area contributed by atoms with Crippen LogP contribution in [0.2, 0.25) is 0 Å². The van der Waals surface area contributed by atoms with Crippen LogP contribution in [0.1, 0.15) is 24.7 Å². The maximum absolute atomic E-state index is 13.5. The van der Waals surface area contributed by atoms with Gasteiger partial charge in [-0.25, -0.2) is 14.4 Å². The Bertz CT molecular complexity index is 1090. The van der Waals surface area contributed by atoms with Crippen LogP contribution >= 0.6 is 12.6 Å². The van der Waals surface area contributed by atoms with E-state index in [1.165, 1.54) is 19.2 Å². The van der Waals surface area contributed by atoms with Gasteiger partial charge in [0.05, 0.1) is 37.4 Å². The number of carbonyl (C=O) groups is 1. The predicted octanol–water partition coefficient (Wildman–Crippen LogP) is 3.18. The minimum atomic E-state index is -0.902. The number of aromatic nitrogens is 2. The summed E-state index contributed by atoms with van der Waals surface area (Å²) >= 11 is 4.48. The maximum atomic E-state index is 13.5. The van der Waals surface area contributed by atoms with E-state index in [9.17, 15) is 9.18 Å². The Morgan fingerprint density at radius 3 is 2.65 bits per heavy atom. The van der Waals surface area contributed by atoms with Crippen molar-refractivity contribution in [2.75, 3.05) is 20.3 Å². The van der Waals surface area contributed by atoms with Crippen LogP contribution in [-0.2, 0) is 19.0 Å². The largest absolute Gasteiger partial charge is 0.468 e. The van der Waals surface area contributed by atoms with Crippen molar-refractivity contribution in [1.29, 1.82) is 0 Å². The average Bonchev–Trinajstić information content (AvgIpc) is 3.21. The van der Waals surface area contributed by atoms with E-state index in [0.29, 0.717) is 39.2 Å². The number of nitrogens with one attached hydrogen (secondary N) is 2. The van der Waals surface area contributed by atoms with Gasteiger partial charge in [0.1, 0.15) is 17.1 Å². The second-order valence-electron chi connectivity index (χ2n) is 7.45. The molecule has 8 nitrogen and oxygen atoms in total. The first-order valence-electron chi connectivity index (χ1n) is 9.42. The van der Waals surface area contributed by atoms with Crippen molar-refractivity contribution in [3.8, 4) is 11.3 Å². The summed E-state index contributed by atoms with van der Waals surface area (Å²) in [5.74, 6) is 0.0671. The van der Waals surface area contributed by atoms with Gasteiger partial charge in [0, 0.05) is 16.7 Å². The first-order chi connectivity index (χ1) is 14.8. The molecule has 0 atom stereocenters. The number of rotatable bonds is 4. The van der Waals surface area contributed by atoms with E-state index in [1.54, 1.807) is 25.3 Å². The Hall–Kier alpha value is -2.95. The second kappa shape index (κ2) is 8.29. The highest BCUT2D eigenvalue weighted by atomic mass is 32.1. The first-order valence-corrected chi connectivity index (χ1v) is 9.86. The van der Waals surface area contributed by atoms with Gasteiger partial charge in [0.2, 0.25) is 6.29 Å². The number of hydrogen-bond acceptors (Lipinski definition) is 8. The van der Waals surface area contributed by atoms with Crippen LogP contribution in [0.5, 0.6) is 0 Å². The summed E-state index contributed by atoms with van der Waals surface area (Å²) in [4.78, 5) is 24.5. The minimum absolute atomic E-state index is 0.106. The topological polar surface area (TPSA) is 97.8 Å². The lowest BCUT2D eigenvalue weighted by molar-refractivity contribution is -0.237. The highest BCUT2D eigenvalue weighted by molar-refractivity contribution is 7.85. The van der Waals surface area contributed by atoms with Gasteiger partial charge in [0.25, 0.3) is 0 Å². The molecule has 1 aromatic heterocycles. The molecule has 2 aliphatic rings. The quantitative estimate of drug-likeness (QED) is 0.495. The maximum Gasteiger partial charge on any atom is 0.316 e. The third-order valence-electron chi connectivity index (χ3n) is 4.97. The smallest absolute Gasteiger partial charge is 0.316 e. The molecule has 0 aliphatic carbocycles. The number of H-pyrrole nitrogens is 1. The molecular formula is C21H21FN4O4S. The average molecular weight is 444 g/mol. The summed E-state index contributed by atoms with van der Waals surface area (Å²) < 4.78 is 29.9. The molecule has 2 aliphatic heterocycles. The van der Waals surface area contributed by atoms with Crippen molar-refractivity contribution in [2.45, 2.75) is 13.2 Å². The lowest BCUT2D eigenvalue weighted by Crippen LogP contribution is -2.43. The van der Waals surface area contributed by atoms with Crippen molar-refractivity contribution in [2.24, 2.45) is 10.4 Å². The summed E-state index contributed by atoms with van der Waals surface area (Å²) in [5, 5.41) is 3.08. The molecule has 0 saturated carbocycles. The molecule has 31 heavy (non-hydrogen) atoms. The standard InChI is InChI=1S/C21H21FN4O4S/c1-11-23-8-14(31)16(24-11)17-15(12-4-6-13(22)7-5-12)25-18(26-17)19-29-9-21(2,10-30-19)20(27)28-3/h4-8,19,24,31H,1,9-10H2,2-3H3,(H,25,26). The molecule has 0 spiro atoms. The number of allylic oxidation sites excluding steroid dienone is 1. The van der Waals surface area contributed by atoms with Gasteiger partial charge in [-0.3, -0.25) is 4.79 Å². The number of hydrogen-bond donors (Lipinski definition) is 3. The molecule has 0 amide bonds. The zero-order chi connectivity index (χ0) is 22.2. The van der Waals surface area contributed by atoms with Crippen LogP contribution in [0, 0.1) is 11.2 Å². The van der Waals surface area contributed by atoms with Gasteiger partial charge in [-0.1, -0.05) is 6.58 Å². The molecule has 162 valence electrons. The SMILES string of the molecule is C=C1N=CC(S)=C(c2[nH]c(C3OCC(C)(C(=O)OC)CO3)nc2-c2ccc(F)cc2)N1. The van der Waals surface area contributed by atoms with Gasteiger partial charge < -0.3 is 24.5 Å². The Labute approximate surface area is 183 Å². The van der Waals surface area contributed by atoms with Gasteiger partial charge in [-0.15, -0.1) is 12.6 Å².